The Morgan fingerprint density at radius 1 is 1.50 bits per heavy atom. The number of benzene rings is 1. The molecule has 0 saturated carbocycles. The molecule has 108 valence electrons. The molecule has 0 aromatic heterocycles. The highest BCUT2D eigenvalue weighted by molar-refractivity contribution is 8.00. The number of alkyl halides is 3. The first-order valence-electron chi connectivity index (χ1n) is 5.39. The lowest BCUT2D eigenvalue weighted by Crippen LogP contribution is -2.11. The number of ether oxygens (including phenoxy) is 1. The number of nitrogens with two attached hydrogens (primary N) is 1. The number of rotatable bonds is 4. The van der Waals surface area contributed by atoms with Crippen LogP contribution in [0.5, 0.6) is 0 Å². The maximum atomic E-state index is 12.4. The van der Waals surface area contributed by atoms with Gasteiger partial charge < -0.3 is 10.5 Å². The summed E-state index contributed by atoms with van der Waals surface area (Å²) in [6, 6.07) is 4.32. The van der Waals surface area contributed by atoms with E-state index in [1.165, 1.54) is 19.2 Å². The number of nitriles is 1. The minimum atomic E-state index is -4.47. The predicted octanol–water partition coefficient (Wildman–Crippen LogP) is 2.34. The highest BCUT2D eigenvalue weighted by atomic mass is 32.2. The van der Waals surface area contributed by atoms with Crippen molar-refractivity contribution in [2.45, 2.75) is 23.4 Å². The average Bonchev–Trinajstić information content (AvgIpc) is 2.37. The van der Waals surface area contributed by atoms with E-state index in [0.717, 1.165) is 0 Å². The van der Waals surface area contributed by atoms with Crippen LogP contribution in [0.3, 0.4) is 0 Å². The lowest BCUT2D eigenvalue weighted by Gasteiger charge is -2.14. The summed E-state index contributed by atoms with van der Waals surface area (Å²) < 4.78 is 41.7. The second-order valence-electron chi connectivity index (χ2n) is 3.69. The molecule has 0 aliphatic carbocycles. The number of carbonyl (C=O) groups excluding carboxylic acids is 1. The lowest BCUT2D eigenvalue weighted by atomic mass is 9.99. The van der Waals surface area contributed by atoms with Crippen molar-refractivity contribution in [1.82, 2.24) is 0 Å². The van der Waals surface area contributed by atoms with Gasteiger partial charge in [-0.05, 0) is 29.0 Å². The van der Waals surface area contributed by atoms with Gasteiger partial charge >= 0.3 is 11.5 Å². The highest BCUT2D eigenvalue weighted by Crippen LogP contribution is 2.39. The Morgan fingerprint density at radius 3 is 2.60 bits per heavy atom. The van der Waals surface area contributed by atoms with E-state index in [-0.39, 0.29) is 40.7 Å². The van der Waals surface area contributed by atoms with E-state index in [0.29, 0.717) is 5.56 Å². The molecule has 0 saturated heterocycles. The van der Waals surface area contributed by atoms with Gasteiger partial charge in [0.1, 0.15) is 0 Å². The van der Waals surface area contributed by atoms with Crippen molar-refractivity contribution in [3.05, 3.63) is 28.8 Å². The van der Waals surface area contributed by atoms with Gasteiger partial charge in [-0.1, -0.05) is 6.07 Å². The molecule has 0 aliphatic rings. The standard InChI is InChI=1S/C12H11F3N2O2S/c1-19-11(18)4-7-2-3-10(20-12(13,14)15)9(6-17)8(7)5-16/h2-3H,4,6,17H2,1H3. The van der Waals surface area contributed by atoms with Crippen LogP contribution in [-0.4, -0.2) is 18.6 Å². The molecule has 0 spiro atoms. The summed E-state index contributed by atoms with van der Waals surface area (Å²) in [5.41, 5.74) is 1.33. The molecule has 0 unspecified atom stereocenters. The average molecular weight is 304 g/mol. The highest BCUT2D eigenvalue weighted by Gasteiger charge is 2.31. The molecule has 0 bridgehead atoms. The normalized spacial score (nSPS) is 11.0. The quantitative estimate of drug-likeness (QED) is 0.682. The first kappa shape index (κ1) is 16.3. The maximum absolute atomic E-state index is 12.4. The van der Waals surface area contributed by atoms with E-state index < -0.39 is 11.5 Å². The van der Waals surface area contributed by atoms with Crippen LogP contribution in [0.15, 0.2) is 17.0 Å². The third kappa shape index (κ3) is 4.15. The van der Waals surface area contributed by atoms with Crippen molar-refractivity contribution in [3.8, 4) is 6.07 Å². The Labute approximate surface area is 117 Å². The largest absolute Gasteiger partial charge is 0.469 e. The van der Waals surface area contributed by atoms with Gasteiger partial charge in [0.25, 0.3) is 0 Å². The molecular weight excluding hydrogens is 293 g/mol. The summed E-state index contributed by atoms with van der Waals surface area (Å²) in [5.74, 6) is -0.583. The van der Waals surface area contributed by atoms with Crippen molar-refractivity contribution in [2.75, 3.05) is 7.11 Å². The Bertz CT molecular complexity index is 553. The van der Waals surface area contributed by atoms with Crippen LogP contribution in [0.2, 0.25) is 0 Å². The smallest absolute Gasteiger partial charge is 0.446 e. The van der Waals surface area contributed by atoms with Gasteiger partial charge in [0, 0.05) is 11.4 Å². The zero-order valence-corrected chi connectivity index (χ0v) is 11.3. The van der Waals surface area contributed by atoms with Crippen LogP contribution >= 0.6 is 11.8 Å². The van der Waals surface area contributed by atoms with Crippen LogP contribution in [0, 0.1) is 11.3 Å². The zero-order chi connectivity index (χ0) is 15.3. The van der Waals surface area contributed by atoms with Crippen LogP contribution in [0.25, 0.3) is 0 Å². The van der Waals surface area contributed by atoms with Crippen LogP contribution in [0.1, 0.15) is 16.7 Å². The molecule has 2 N–H and O–H groups in total. The summed E-state index contributed by atoms with van der Waals surface area (Å²) in [5, 5.41) is 9.09. The minimum Gasteiger partial charge on any atom is -0.469 e. The van der Waals surface area contributed by atoms with E-state index >= 15 is 0 Å². The van der Waals surface area contributed by atoms with Gasteiger partial charge in [0.05, 0.1) is 25.2 Å². The number of esters is 1. The van der Waals surface area contributed by atoms with E-state index in [2.05, 4.69) is 4.74 Å². The van der Waals surface area contributed by atoms with Crippen molar-refractivity contribution < 1.29 is 22.7 Å². The molecule has 8 heteroatoms. The summed E-state index contributed by atoms with van der Waals surface area (Å²) in [7, 11) is 1.19. The molecule has 0 atom stereocenters. The van der Waals surface area contributed by atoms with E-state index in [1.807, 2.05) is 0 Å². The SMILES string of the molecule is COC(=O)Cc1ccc(SC(F)(F)F)c(CN)c1C#N. The first-order chi connectivity index (χ1) is 9.32. The number of carbonyl (C=O) groups is 1. The molecular formula is C12H11F3N2O2S. The zero-order valence-electron chi connectivity index (χ0n) is 10.5. The van der Waals surface area contributed by atoms with Crippen LogP contribution < -0.4 is 5.73 Å². The second kappa shape index (κ2) is 6.63. The van der Waals surface area contributed by atoms with Crippen molar-refractivity contribution in [3.63, 3.8) is 0 Å². The van der Waals surface area contributed by atoms with Crippen molar-refractivity contribution >= 4 is 17.7 Å². The molecule has 1 rings (SSSR count). The molecule has 1 aromatic rings. The first-order valence-corrected chi connectivity index (χ1v) is 6.21. The summed E-state index contributed by atoms with van der Waals surface area (Å²) in [6.07, 6.45) is -0.191. The fraction of sp³-hybridized carbons (Fsp3) is 0.333. The summed E-state index contributed by atoms with van der Waals surface area (Å²) >= 11 is -0.332. The van der Waals surface area contributed by atoms with Crippen molar-refractivity contribution in [1.29, 1.82) is 5.26 Å². The third-order valence-electron chi connectivity index (χ3n) is 2.46. The number of hydrogen-bond acceptors (Lipinski definition) is 5. The van der Waals surface area contributed by atoms with Gasteiger partial charge in [0.2, 0.25) is 0 Å². The lowest BCUT2D eigenvalue weighted by molar-refractivity contribution is -0.139. The van der Waals surface area contributed by atoms with Gasteiger partial charge in [-0.15, -0.1) is 0 Å². The number of hydrogen-bond donors (Lipinski definition) is 1. The fourth-order valence-electron chi connectivity index (χ4n) is 1.61. The second-order valence-corrected chi connectivity index (χ2v) is 4.80. The number of nitrogens with zero attached hydrogens (tertiary/aromatic N) is 1. The molecule has 0 amide bonds. The third-order valence-corrected chi connectivity index (χ3v) is 3.29. The summed E-state index contributed by atoms with van der Waals surface area (Å²) in [4.78, 5) is 11.1. The molecule has 0 radical (unpaired) electrons. The minimum absolute atomic E-state index is 0.00727. The molecule has 20 heavy (non-hydrogen) atoms. The molecule has 4 nitrogen and oxygen atoms in total. The van der Waals surface area contributed by atoms with Crippen LogP contribution in [0.4, 0.5) is 13.2 Å². The van der Waals surface area contributed by atoms with E-state index in [9.17, 15) is 18.0 Å². The Hall–Kier alpha value is -1.72. The van der Waals surface area contributed by atoms with Gasteiger partial charge in [-0.3, -0.25) is 4.79 Å². The van der Waals surface area contributed by atoms with E-state index in [4.69, 9.17) is 11.0 Å². The Balaban J connectivity index is 3.27. The topological polar surface area (TPSA) is 76.1 Å². The van der Waals surface area contributed by atoms with Crippen LogP contribution in [-0.2, 0) is 22.5 Å². The Morgan fingerprint density at radius 2 is 2.15 bits per heavy atom. The van der Waals surface area contributed by atoms with Crippen molar-refractivity contribution in [2.24, 2.45) is 5.73 Å². The fourth-order valence-corrected chi connectivity index (χ4v) is 2.31. The molecule has 0 fully saturated rings. The Kier molecular flexibility index (Phi) is 5.42. The van der Waals surface area contributed by atoms with E-state index in [1.54, 1.807) is 6.07 Å². The van der Waals surface area contributed by atoms with Gasteiger partial charge in [-0.25, -0.2) is 0 Å². The maximum Gasteiger partial charge on any atom is 0.446 e. The number of thioether (sulfide) groups is 1. The molecule has 1 aromatic carbocycles. The monoisotopic (exact) mass is 304 g/mol. The number of halogens is 3. The van der Waals surface area contributed by atoms with Gasteiger partial charge in [0.15, 0.2) is 0 Å². The predicted molar refractivity (Wildman–Crippen MR) is 66.7 cm³/mol. The molecule has 0 aliphatic heterocycles. The summed E-state index contributed by atoms with van der Waals surface area (Å²) in [6.45, 7) is -0.226. The van der Waals surface area contributed by atoms with Gasteiger partial charge in [-0.2, -0.15) is 18.4 Å². The number of methoxy groups -OCH3 is 1. The molecule has 0 heterocycles.